The lowest BCUT2D eigenvalue weighted by atomic mass is 10.00. The molecule has 2 heterocycles. The molecule has 2 aliphatic heterocycles. The SMILES string of the molecule is CON1N(c2ccc([N+](=O)[O-])cc2)N=C(c2ccccc2)N1c1ccccc1-c1ccccc1N1C(c2ccccc2)=NN(c2ccc([N+](=O)[O-])cc2)N1OC. The molecule has 16 nitrogen and oxygen atoms in total. The van der Waals surface area contributed by atoms with Crippen molar-refractivity contribution in [3.63, 3.8) is 0 Å². The second-order valence-corrected chi connectivity index (χ2v) is 12.2. The number of hydrogen-bond acceptors (Lipinski definition) is 14. The highest BCUT2D eigenvalue weighted by molar-refractivity contribution is 6.15. The first kappa shape index (κ1) is 35.5. The molecule has 8 rings (SSSR count). The van der Waals surface area contributed by atoms with Gasteiger partial charge in [-0.1, -0.05) is 97.1 Å². The Hall–Kier alpha value is -7.50. The van der Waals surface area contributed by atoms with Gasteiger partial charge in [0.25, 0.3) is 11.4 Å². The highest BCUT2D eigenvalue weighted by Gasteiger charge is 2.40. The van der Waals surface area contributed by atoms with Gasteiger partial charge >= 0.3 is 0 Å². The molecule has 0 atom stereocenters. The van der Waals surface area contributed by atoms with Gasteiger partial charge in [-0.05, 0) is 36.4 Å². The van der Waals surface area contributed by atoms with Crippen molar-refractivity contribution in [1.29, 1.82) is 0 Å². The Labute approximate surface area is 320 Å². The molecule has 6 aromatic carbocycles. The Morgan fingerprint density at radius 2 is 0.804 bits per heavy atom. The van der Waals surface area contributed by atoms with Crippen molar-refractivity contribution in [3.8, 4) is 11.1 Å². The Balaban J connectivity index is 1.27. The molecule has 0 aliphatic carbocycles. The summed E-state index contributed by atoms with van der Waals surface area (Å²) in [7, 11) is 3.03. The lowest BCUT2D eigenvalue weighted by Crippen LogP contribution is -2.48. The fourth-order valence-electron chi connectivity index (χ4n) is 6.44. The van der Waals surface area contributed by atoms with Gasteiger partial charge in [0, 0.05) is 57.1 Å². The quantitative estimate of drug-likeness (QED) is 0.0936. The van der Waals surface area contributed by atoms with Crippen molar-refractivity contribution in [2.24, 2.45) is 10.2 Å². The zero-order chi connectivity index (χ0) is 38.8. The van der Waals surface area contributed by atoms with Gasteiger partial charge in [-0.3, -0.25) is 29.9 Å². The summed E-state index contributed by atoms with van der Waals surface area (Å²) in [5, 5.41) is 42.6. The van der Waals surface area contributed by atoms with Gasteiger partial charge in [-0.2, -0.15) is 0 Å². The predicted octanol–water partition coefficient (Wildman–Crippen LogP) is 7.93. The molecule has 278 valence electrons. The van der Waals surface area contributed by atoms with Crippen molar-refractivity contribution in [2.75, 3.05) is 34.5 Å². The number of nitro groups is 2. The van der Waals surface area contributed by atoms with Crippen LogP contribution in [0.2, 0.25) is 0 Å². The molecule has 0 fully saturated rings. The van der Waals surface area contributed by atoms with Gasteiger partial charge in [-0.15, -0.1) is 20.4 Å². The summed E-state index contributed by atoms with van der Waals surface area (Å²) in [4.78, 5) is 34.1. The van der Waals surface area contributed by atoms with Gasteiger partial charge < -0.3 is 0 Å². The standard InChI is InChI=1S/C40H32N10O6/c1-55-49-43(39(29-13-5-3-6-14-29)41-45(49)31-21-25-33(26-22-31)47(51)52)37-19-11-9-17-35(37)36-18-10-12-20-38(36)44-40(30-15-7-4-8-16-30)42-46(50(44)56-2)32-23-27-34(28-24-32)48(53)54/h3-28H,1-2H3. The maximum atomic E-state index is 11.5. The minimum Gasteiger partial charge on any atom is -0.263 e. The highest BCUT2D eigenvalue weighted by Crippen LogP contribution is 2.43. The molecule has 0 amide bonds. The fourth-order valence-corrected chi connectivity index (χ4v) is 6.44. The lowest BCUT2D eigenvalue weighted by molar-refractivity contribution is -0.385. The Morgan fingerprint density at radius 1 is 0.464 bits per heavy atom. The van der Waals surface area contributed by atoms with E-state index < -0.39 is 9.85 Å². The maximum absolute atomic E-state index is 11.5. The van der Waals surface area contributed by atoms with Crippen molar-refractivity contribution >= 4 is 45.8 Å². The first-order chi connectivity index (χ1) is 27.4. The number of non-ortho nitro benzene ring substituents is 2. The normalized spacial score (nSPS) is 14.6. The number of benzene rings is 6. The second kappa shape index (κ2) is 15.1. The lowest BCUT2D eigenvalue weighted by Gasteiger charge is -2.34. The topological polar surface area (TPSA) is 149 Å². The van der Waals surface area contributed by atoms with E-state index >= 15 is 0 Å². The first-order valence-electron chi connectivity index (χ1n) is 17.2. The molecule has 0 radical (unpaired) electrons. The number of rotatable bonds is 11. The highest BCUT2D eigenvalue weighted by atomic mass is 16.8. The number of nitro benzene ring substituents is 2. The van der Waals surface area contributed by atoms with Crippen LogP contribution in [0.3, 0.4) is 0 Å². The molecule has 0 bridgehead atoms. The van der Waals surface area contributed by atoms with Crippen molar-refractivity contribution in [1.82, 2.24) is 10.6 Å². The fraction of sp³-hybridized carbons (Fsp3) is 0.0500. The van der Waals surface area contributed by atoms with E-state index in [0.717, 1.165) is 22.3 Å². The molecule has 0 saturated carbocycles. The summed E-state index contributed by atoms with van der Waals surface area (Å²) in [5.74, 6) is 1.04. The van der Waals surface area contributed by atoms with Crippen LogP contribution in [-0.4, -0.2) is 46.3 Å². The van der Waals surface area contributed by atoms with E-state index in [9.17, 15) is 20.2 Å². The minimum absolute atomic E-state index is 0.0550. The maximum Gasteiger partial charge on any atom is 0.269 e. The van der Waals surface area contributed by atoms with Crippen LogP contribution in [0.4, 0.5) is 34.1 Å². The zero-order valence-electron chi connectivity index (χ0n) is 29.9. The number of hydrogen-bond donors (Lipinski definition) is 0. The van der Waals surface area contributed by atoms with E-state index in [1.165, 1.54) is 59.3 Å². The van der Waals surface area contributed by atoms with Gasteiger partial charge in [0.05, 0.1) is 46.8 Å². The number of hydrazine groups is 4. The van der Waals surface area contributed by atoms with Crippen LogP contribution < -0.4 is 20.3 Å². The van der Waals surface area contributed by atoms with Crippen molar-refractivity contribution in [3.05, 3.63) is 189 Å². The average Bonchev–Trinajstić information content (AvgIpc) is 3.84. The number of hydrazone groups is 2. The molecular formula is C40H32N10O6. The minimum atomic E-state index is -0.454. The second-order valence-electron chi connectivity index (χ2n) is 12.2. The predicted molar refractivity (Wildman–Crippen MR) is 212 cm³/mol. The third-order valence-corrected chi connectivity index (χ3v) is 8.97. The van der Waals surface area contributed by atoms with Gasteiger partial charge in [0.15, 0.2) is 11.7 Å². The van der Waals surface area contributed by atoms with Crippen LogP contribution in [0.5, 0.6) is 0 Å². The molecule has 0 N–H and O–H groups in total. The molecule has 16 heteroatoms. The molecule has 6 aromatic rings. The zero-order valence-corrected chi connectivity index (χ0v) is 29.9. The van der Waals surface area contributed by atoms with Gasteiger partial charge in [0.2, 0.25) is 0 Å². The smallest absolute Gasteiger partial charge is 0.263 e. The van der Waals surface area contributed by atoms with E-state index in [0.29, 0.717) is 34.4 Å². The molecule has 0 aromatic heterocycles. The monoisotopic (exact) mass is 748 g/mol. The molecule has 56 heavy (non-hydrogen) atoms. The third kappa shape index (κ3) is 6.42. The number of amidine groups is 2. The third-order valence-electron chi connectivity index (χ3n) is 8.97. The van der Waals surface area contributed by atoms with E-state index in [4.69, 9.17) is 19.9 Å². The van der Waals surface area contributed by atoms with Crippen LogP contribution in [0.25, 0.3) is 11.1 Å². The van der Waals surface area contributed by atoms with E-state index in [2.05, 4.69) is 0 Å². The van der Waals surface area contributed by atoms with E-state index in [1.54, 1.807) is 24.3 Å². The molecule has 0 spiro atoms. The van der Waals surface area contributed by atoms with E-state index in [-0.39, 0.29) is 11.4 Å². The first-order valence-corrected chi connectivity index (χ1v) is 17.2. The van der Waals surface area contributed by atoms with Crippen molar-refractivity contribution < 1.29 is 19.5 Å². The summed E-state index contributed by atoms with van der Waals surface area (Å²) in [6.07, 6.45) is 0. The summed E-state index contributed by atoms with van der Waals surface area (Å²) < 4.78 is 0. The van der Waals surface area contributed by atoms with Crippen molar-refractivity contribution in [2.45, 2.75) is 0 Å². The molecule has 0 unspecified atom stereocenters. The number of nitrogens with zero attached hydrogens (tertiary/aromatic N) is 10. The molecule has 2 aliphatic rings. The number of anilines is 4. The summed E-state index contributed by atoms with van der Waals surface area (Å²) in [6.45, 7) is 0. The molecule has 0 saturated heterocycles. The van der Waals surface area contributed by atoms with Crippen LogP contribution >= 0.6 is 0 Å². The summed E-state index contributed by atoms with van der Waals surface area (Å²) in [5.41, 5.74) is 5.41. The average molecular weight is 749 g/mol. The summed E-state index contributed by atoms with van der Waals surface area (Å²) >= 11 is 0. The van der Waals surface area contributed by atoms with Crippen LogP contribution in [0, 0.1) is 20.2 Å². The van der Waals surface area contributed by atoms with Gasteiger partial charge in [-0.25, -0.2) is 10.0 Å². The van der Waals surface area contributed by atoms with E-state index in [1.807, 2.05) is 119 Å². The Kier molecular flexibility index (Phi) is 9.57. The van der Waals surface area contributed by atoms with Crippen LogP contribution in [0.15, 0.2) is 168 Å². The molecular weight excluding hydrogens is 717 g/mol. The Bertz CT molecular complexity index is 2280. The van der Waals surface area contributed by atoms with Gasteiger partial charge in [0.1, 0.15) is 0 Å². The van der Waals surface area contributed by atoms with Crippen LogP contribution in [-0.2, 0) is 9.68 Å². The van der Waals surface area contributed by atoms with Crippen LogP contribution in [0.1, 0.15) is 11.1 Å². The Morgan fingerprint density at radius 3 is 1.14 bits per heavy atom. The summed E-state index contributed by atoms with van der Waals surface area (Å²) in [6, 6.07) is 46.9. The number of para-hydroxylation sites is 2. The largest absolute Gasteiger partial charge is 0.269 e.